The third-order valence-corrected chi connectivity index (χ3v) is 7.23. The van der Waals surface area contributed by atoms with E-state index in [9.17, 15) is 9.59 Å². The van der Waals surface area contributed by atoms with Crippen LogP contribution in [0, 0.1) is 6.92 Å². The van der Waals surface area contributed by atoms with E-state index in [-0.39, 0.29) is 24.5 Å². The van der Waals surface area contributed by atoms with E-state index in [0.717, 1.165) is 25.7 Å². The number of benzene rings is 2. The van der Waals surface area contributed by atoms with Crippen LogP contribution in [0.1, 0.15) is 56.3 Å². The predicted molar refractivity (Wildman–Crippen MR) is 147 cm³/mol. The maximum atomic E-state index is 14.4. The Morgan fingerprint density at radius 3 is 2.62 bits per heavy atom. The van der Waals surface area contributed by atoms with Gasteiger partial charge in [-0.2, -0.15) is 5.10 Å². The largest absolute Gasteiger partial charge is 0.494 e. The third kappa shape index (κ3) is 5.87. The number of amides is 2. The fourth-order valence-electron chi connectivity index (χ4n) is 5.40. The highest BCUT2D eigenvalue weighted by molar-refractivity contribution is 6.04. The van der Waals surface area contributed by atoms with Crippen molar-refractivity contribution in [2.45, 2.75) is 64.1 Å². The maximum absolute atomic E-state index is 14.4. The number of carbonyl (C=O) groups is 2. The number of anilines is 1. The van der Waals surface area contributed by atoms with Crippen molar-refractivity contribution in [3.8, 4) is 17.2 Å². The normalized spacial score (nSPS) is 17.8. The van der Waals surface area contributed by atoms with E-state index in [1.165, 1.54) is 11.3 Å². The monoisotopic (exact) mass is 532 g/mol. The summed E-state index contributed by atoms with van der Waals surface area (Å²) in [4.78, 5) is 30.0. The minimum Gasteiger partial charge on any atom is -0.494 e. The number of nitrogens with one attached hydrogen (secondary N) is 1. The first-order chi connectivity index (χ1) is 18.9. The number of nitrogens with zero attached hydrogens (tertiary/aromatic N) is 3. The van der Waals surface area contributed by atoms with Crippen LogP contribution in [0.15, 0.2) is 54.7 Å². The van der Waals surface area contributed by atoms with E-state index in [0.29, 0.717) is 40.8 Å². The van der Waals surface area contributed by atoms with Crippen LogP contribution in [0.4, 0.5) is 5.69 Å². The lowest BCUT2D eigenvalue weighted by atomic mass is 9.94. The van der Waals surface area contributed by atoms with Gasteiger partial charge >= 0.3 is 0 Å². The molecule has 2 unspecified atom stereocenters. The zero-order chi connectivity index (χ0) is 27.4. The highest BCUT2D eigenvalue weighted by atomic mass is 16.6. The molecule has 0 bridgehead atoms. The summed E-state index contributed by atoms with van der Waals surface area (Å²) in [5.41, 5.74) is 1.85. The minimum atomic E-state index is -0.967. The lowest BCUT2D eigenvalue weighted by Gasteiger charge is -2.36. The van der Waals surface area contributed by atoms with E-state index in [1.54, 1.807) is 29.1 Å². The first kappa shape index (κ1) is 26.6. The molecule has 1 saturated carbocycles. The molecule has 1 aliphatic carbocycles. The number of para-hydroxylation sites is 2. The molecule has 5 rings (SSSR count). The molecular formula is C30H36N4O5. The fraction of sp³-hybridized carbons (Fsp3) is 0.433. The molecule has 39 heavy (non-hydrogen) atoms. The van der Waals surface area contributed by atoms with E-state index in [1.807, 2.05) is 51.2 Å². The van der Waals surface area contributed by atoms with Gasteiger partial charge in [0.25, 0.3) is 5.91 Å². The highest BCUT2D eigenvalue weighted by Crippen LogP contribution is 2.36. The Morgan fingerprint density at radius 1 is 1.13 bits per heavy atom. The van der Waals surface area contributed by atoms with Crippen LogP contribution in [-0.4, -0.2) is 47.0 Å². The Morgan fingerprint density at radius 2 is 1.90 bits per heavy atom. The van der Waals surface area contributed by atoms with Crippen molar-refractivity contribution in [1.29, 1.82) is 0 Å². The molecule has 1 N–H and O–H groups in total. The highest BCUT2D eigenvalue weighted by Gasteiger charge is 2.41. The van der Waals surface area contributed by atoms with Crippen molar-refractivity contribution in [1.82, 2.24) is 15.1 Å². The molecule has 0 spiro atoms. The van der Waals surface area contributed by atoms with Crippen LogP contribution in [0.3, 0.4) is 0 Å². The summed E-state index contributed by atoms with van der Waals surface area (Å²) in [6.45, 7) is 4.26. The molecule has 2 aromatic carbocycles. The van der Waals surface area contributed by atoms with Crippen molar-refractivity contribution in [2.24, 2.45) is 7.05 Å². The summed E-state index contributed by atoms with van der Waals surface area (Å²) in [6, 6.07) is 13.6. The number of hydrogen-bond donors (Lipinski definition) is 1. The van der Waals surface area contributed by atoms with Crippen molar-refractivity contribution >= 4 is 17.5 Å². The molecule has 0 saturated heterocycles. The zero-order valence-electron chi connectivity index (χ0n) is 22.8. The molecule has 9 nitrogen and oxygen atoms in total. The third-order valence-electron chi connectivity index (χ3n) is 7.23. The van der Waals surface area contributed by atoms with Gasteiger partial charge in [-0.15, -0.1) is 0 Å². The standard InChI is InChI=1S/C30H36N4O5/c1-4-37-23-14-10-13-22(17-23)34(30(36)27-19-38-25-15-8-9-16-26(25)39-27)28(24-18-33(3)32-20(24)2)29(35)31-21-11-6-5-7-12-21/h8-10,13-18,21,27-28H,4-7,11-12,19H2,1-3H3,(H,31,35). The average molecular weight is 533 g/mol. The van der Waals surface area contributed by atoms with Crippen LogP contribution in [0.2, 0.25) is 0 Å². The molecule has 9 heteroatoms. The van der Waals surface area contributed by atoms with Crippen LogP contribution < -0.4 is 24.4 Å². The number of hydrogen-bond acceptors (Lipinski definition) is 6. The number of aryl methyl sites for hydroxylation is 2. The molecule has 1 fully saturated rings. The molecule has 2 heterocycles. The summed E-state index contributed by atoms with van der Waals surface area (Å²) in [6.07, 6.45) is 6.04. The second-order valence-corrected chi connectivity index (χ2v) is 10.1. The lowest BCUT2D eigenvalue weighted by molar-refractivity contribution is -0.132. The minimum absolute atomic E-state index is 0.0283. The van der Waals surface area contributed by atoms with Crippen molar-refractivity contribution in [3.05, 3.63) is 66.0 Å². The first-order valence-electron chi connectivity index (χ1n) is 13.7. The number of carbonyl (C=O) groups excluding carboxylic acids is 2. The molecule has 206 valence electrons. The van der Waals surface area contributed by atoms with E-state index >= 15 is 0 Å². The molecule has 2 atom stereocenters. The number of aromatic nitrogens is 2. The molecule has 1 aromatic heterocycles. The van der Waals surface area contributed by atoms with Gasteiger partial charge in [0.15, 0.2) is 11.5 Å². The molecular weight excluding hydrogens is 496 g/mol. The van der Waals surface area contributed by atoms with Gasteiger partial charge in [-0.25, -0.2) is 0 Å². The summed E-state index contributed by atoms with van der Waals surface area (Å²) in [5.74, 6) is 1.05. The molecule has 2 aliphatic rings. The van der Waals surface area contributed by atoms with Crippen molar-refractivity contribution < 1.29 is 23.8 Å². The fourth-order valence-corrected chi connectivity index (χ4v) is 5.40. The second kappa shape index (κ2) is 11.8. The number of ether oxygens (including phenoxy) is 3. The number of fused-ring (bicyclic) bond motifs is 1. The van der Waals surface area contributed by atoms with Gasteiger partial charge < -0.3 is 19.5 Å². The van der Waals surface area contributed by atoms with Crippen LogP contribution in [0.25, 0.3) is 0 Å². The molecule has 3 aromatic rings. The van der Waals surface area contributed by atoms with Crippen LogP contribution >= 0.6 is 0 Å². The predicted octanol–water partition coefficient (Wildman–Crippen LogP) is 4.49. The van der Waals surface area contributed by atoms with Gasteiger partial charge in [0.2, 0.25) is 12.0 Å². The van der Waals surface area contributed by atoms with Crippen molar-refractivity contribution in [2.75, 3.05) is 18.1 Å². The molecule has 0 radical (unpaired) electrons. The van der Waals surface area contributed by atoms with Gasteiger partial charge in [0.1, 0.15) is 18.4 Å². The Balaban J connectivity index is 1.57. The van der Waals surface area contributed by atoms with Gasteiger partial charge in [-0.1, -0.05) is 37.5 Å². The SMILES string of the molecule is CCOc1cccc(N(C(=O)C2COc3ccccc3O2)C(C(=O)NC2CCCCC2)c2cn(C)nc2C)c1. The van der Waals surface area contributed by atoms with E-state index in [4.69, 9.17) is 14.2 Å². The van der Waals surface area contributed by atoms with E-state index < -0.39 is 12.1 Å². The smallest absolute Gasteiger partial charge is 0.272 e. The van der Waals surface area contributed by atoms with Crippen molar-refractivity contribution in [3.63, 3.8) is 0 Å². The van der Waals surface area contributed by atoms with E-state index in [2.05, 4.69) is 10.4 Å². The van der Waals surface area contributed by atoms with Gasteiger partial charge in [0, 0.05) is 36.6 Å². The Kier molecular flexibility index (Phi) is 8.05. The Hall–Kier alpha value is -4.01. The maximum Gasteiger partial charge on any atom is 0.272 e. The van der Waals surface area contributed by atoms with Crippen LogP contribution in [0.5, 0.6) is 17.2 Å². The summed E-state index contributed by atoms with van der Waals surface area (Å²) in [5, 5.41) is 7.75. The quantitative estimate of drug-likeness (QED) is 0.459. The summed E-state index contributed by atoms with van der Waals surface area (Å²) in [7, 11) is 1.81. The molecule has 2 amide bonds. The first-order valence-corrected chi connectivity index (χ1v) is 13.7. The van der Waals surface area contributed by atoms with Gasteiger partial charge in [-0.3, -0.25) is 19.2 Å². The van der Waals surface area contributed by atoms with Gasteiger partial charge in [-0.05, 0) is 51.0 Å². The Labute approximate surface area is 229 Å². The Bertz CT molecular complexity index is 1320. The number of rotatable bonds is 8. The van der Waals surface area contributed by atoms with Crippen LogP contribution in [-0.2, 0) is 16.6 Å². The zero-order valence-corrected chi connectivity index (χ0v) is 22.8. The molecule has 1 aliphatic heterocycles. The average Bonchev–Trinajstić information content (AvgIpc) is 3.28. The second-order valence-electron chi connectivity index (χ2n) is 10.1. The van der Waals surface area contributed by atoms with Gasteiger partial charge in [0.05, 0.1) is 12.3 Å². The summed E-state index contributed by atoms with van der Waals surface area (Å²) < 4.78 is 19.4. The summed E-state index contributed by atoms with van der Waals surface area (Å²) >= 11 is 0. The topological polar surface area (TPSA) is 94.9 Å². The lowest BCUT2D eigenvalue weighted by Crippen LogP contribution is -2.52.